The van der Waals surface area contributed by atoms with Crippen LogP contribution in [0.25, 0.3) is 0 Å². The number of likely N-dealkylation sites (tertiary alicyclic amines) is 1. The van der Waals surface area contributed by atoms with Gasteiger partial charge < -0.3 is 15.2 Å². The van der Waals surface area contributed by atoms with E-state index in [9.17, 15) is 9.90 Å². The first-order chi connectivity index (χ1) is 14.1. The Kier molecular flexibility index (Phi) is 6.16. The minimum Gasteiger partial charge on any atom is -0.488 e. The van der Waals surface area contributed by atoms with Crippen molar-refractivity contribution in [2.45, 2.75) is 38.4 Å². The fourth-order valence-corrected chi connectivity index (χ4v) is 4.68. The summed E-state index contributed by atoms with van der Waals surface area (Å²) in [6.45, 7) is 4.26. The summed E-state index contributed by atoms with van der Waals surface area (Å²) in [5, 5.41) is 13.6. The summed E-state index contributed by atoms with van der Waals surface area (Å²) in [6.07, 6.45) is 1.90. The highest BCUT2D eigenvalue weighted by Crippen LogP contribution is 2.38. The molecule has 4 rings (SSSR count). The Balaban J connectivity index is 1.32. The molecule has 1 aliphatic carbocycles. The number of hydrogen-bond acceptors (Lipinski definition) is 4. The minimum atomic E-state index is -0.459. The van der Waals surface area contributed by atoms with E-state index in [4.69, 9.17) is 4.74 Å². The van der Waals surface area contributed by atoms with Crippen LogP contribution in [0.1, 0.15) is 25.3 Å². The van der Waals surface area contributed by atoms with Gasteiger partial charge in [0.15, 0.2) is 0 Å². The van der Waals surface area contributed by atoms with E-state index in [1.807, 2.05) is 42.5 Å². The summed E-state index contributed by atoms with van der Waals surface area (Å²) >= 11 is 0. The van der Waals surface area contributed by atoms with E-state index >= 15 is 0 Å². The molecule has 0 radical (unpaired) electrons. The standard InChI is InChI=1S/C24H30N2O3/c1-2-17-7-6-10-21(11-17)29-23-13-19-15-26(14-18(19)12-22(23)27)16-24(28)25-20-8-4-3-5-9-20/h3-11,18-19,22-23,27H,2,12-16H2,1H3,(H,25,28)/t18-,19+,22+,23+/m0/s1. The molecule has 1 saturated heterocycles. The van der Waals surface area contributed by atoms with Crippen LogP contribution in [0.3, 0.4) is 0 Å². The number of fused-ring (bicyclic) bond motifs is 1. The highest BCUT2D eigenvalue weighted by Gasteiger charge is 2.42. The summed E-state index contributed by atoms with van der Waals surface area (Å²) in [5.41, 5.74) is 2.06. The van der Waals surface area contributed by atoms with Crippen molar-refractivity contribution in [1.29, 1.82) is 0 Å². The lowest BCUT2D eigenvalue weighted by atomic mass is 9.78. The molecule has 0 bridgehead atoms. The predicted octanol–water partition coefficient (Wildman–Crippen LogP) is 3.34. The van der Waals surface area contributed by atoms with Gasteiger partial charge in [-0.25, -0.2) is 0 Å². The average molecular weight is 395 g/mol. The maximum atomic E-state index is 12.4. The zero-order valence-corrected chi connectivity index (χ0v) is 17.0. The van der Waals surface area contributed by atoms with Crippen molar-refractivity contribution in [1.82, 2.24) is 4.90 Å². The van der Waals surface area contributed by atoms with Crippen LogP contribution in [0.4, 0.5) is 5.69 Å². The molecule has 2 fully saturated rings. The van der Waals surface area contributed by atoms with Crippen LogP contribution in [-0.4, -0.2) is 47.8 Å². The summed E-state index contributed by atoms with van der Waals surface area (Å²) in [5.74, 6) is 1.74. The third-order valence-corrected chi connectivity index (χ3v) is 6.18. The van der Waals surface area contributed by atoms with E-state index in [0.717, 1.165) is 43.8 Å². The number of aryl methyl sites for hydroxylation is 1. The van der Waals surface area contributed by atoms with Gasteiger partial charge in [0.05, 0.1) is 12.6 Å². The third-order valence-electron chi connectivity index (χ3n) is 6.18. The van der Waals surface area contributed by atoms with Crippen molar-refractivity contribution in [3.8, 4) is 5.75 Å². The molecule has 2 aromatic carbocycles. The highest BCUT2D eigenvalue weighted by molar-refractivity contribution is 5.92. The molecule has 154 valence electrons. The number of aliphatic hydroxyl groups is 1. The van der Waals surface area contributed by atoms with Crippen molar-refractivity contribution in [3.05, 3.63) is 60.2 Å². The Bertz CT molecular complexity index is 826. The summed E-state index contributed by atoms with van der Waals surface area (Å²) in [6, 6.07) is 17.7. The summed E-state index contributed by atoms with van der Waals surface area (Å²) in [4.78, 5) is 14.6. The van der Waals surface area contributed by atoms with Crippen LogP contribution < -0.4 is 10.1 Å². The van der Waals surface area contributed by atoms with Gasteiger partial charge in [0.2, 0.25) is 5.91 Å². The van der Waals surface area contributed by atoms with Crippen LogP contribution in [0.2, 0.25) is 0 Å². The Hall–Kier alpha value is -2.37. The van der Waals surface area contributed by atoms with Crippen LogP contribution in [0, 0.1) is 11.8 Å². The molecule has 5 heteroatoms. The average Bonchev–Trinajstić information content (AvgIpc) is 3.09. The molecule has 0 aromatic heterocycles. The number of nitrogens with zero attached hydrogens (tertiary/aromatic N) is 1. The molecule has 1 amide bonds. The predicted molar refractivity (Wildman–Crippen MR) is 114 cm³/mol. The molecule has 1 heterocycles. The van der Waals surface area contributed by atoms with Crippen molar-refractivity contribution >= 4 is 11.6 Å². The highest BCUT2D eigenvalue weighted by atomic mass is 16.5. The normalized spacial score (nSPS) is 26.7. The number of anilines is 1. The van der Waals surface area contributed by atoms with Crippen LogP contribution >= 0.6 is 0 Å². The second-order valence-electron chi connectivity index (χ2n) is 8.32. The number of aliphatic hydroxyl groups excluding tert-OH is 1. The third kappa shape index (κ3) is 4.98. The summed E-state index contributed by atoms with van der Waals surface area (Å²) in [7, 11) is 0. The molecule has 0 unspecified atom stereocenters. The lowest BCUT2D eigenvalue weighted by molar-refractivity contribution is -0.117. The smallest absolute Gasteiger partial charge is 0.238 e. The lowest BCUT2D eigenvalue weighted by Gasteiger charge is -2.35. The van der Waals surface area contributed by atoms with Gasteiger partial charge in [-0.2, -0.15) is 0 Å². The second-order valence-corrected chi connectivity index (χ2v) is 8.32. The molecule has 1 aliphatic heterocycles. The fraction of sp³-hybridized carbons (Fsp3) is 0.458. The second kappa shape index (κ2) is 8.97. The zero-order valence-electron chi connectivity index (χ0n) is 17.0. The largest absolute Gasteiger partial charge is 0.488 e. The van der Waals surface area contributed by atoms with E-state index in [-0.39, 0.29) is 12.0 Å². The quantitative estimate of drug-likeness (QED) is 0.789. The van der Waals surface area contributed by atoms with Crippen molar-refractivity contribution in [3.63, 3.8) is 0 Å². The van der Waals surface area contributed by atoms with Crippen LogP contribution in [-0.2, 0) is 11.2 Å². The molecule has 2 aromatic rings. The molecular formula is C24H30N2O3. The molecule has 5 nitrogen and oxygen atoms in total. The topological polar surface area (TPSA) is 61.8 Å². The van der Waals surface area contributed by atoms with Crippen molar-refractivity contribution in [2.75, 3.05) is 25.0 Å². The first kappa shape index (κ1) is 19.9. The number of ether oxygens (including phenoxy) is 1. The number of nitrogens with one attached hydrogen (secondary N) is 1. The van der Waals surface area contributed by atoms with Gasteiger partial charge in [0.25, 0.3) is 0 Å². The van der Waals surface area contributed by atoms with Gasteiger partial charge in [-0.3, -0.25) is 9.69 Å². The van der Waals surface area contributed by atoms with Crippen LogP contribution in [0.5, 0.6) is 5.75 Å². The van der Waals surface area contributed by atoms with E-state index in [1.54, 1.807) is 0 Å². The first-order valence-electron chi connectivity index (χ1n) is 10.6. The molecule has 4 atom stereocenters. The van der Waals surface area contributed by atoms with E-state index in [2.05, 4.69) is 29.3 Å². The zero-order chi connectivity index (χ0) is 20.2. The molecular weight excluding hydrogens is 364 g/mol. The van der Waals surface area contributed by atoms with Gasteiger partial charge in [-0.15, -0.1) is 0 Å². The number of carbonyl (C=O) groups is 1. The minimum absolute atomic E-state index is 0.0135. The van der Waals surface area contributed by atoms with Gasteiger partial charge in [-0.1, -0.05) is 37.3 Å². The van der Waals surface area contributed by atoms with Gasteiger partial charge in [-0.05, 0) is 60.9 Å². The molecule has 29 heavy (non-hydrogen) atoms. The van der Waals surface area contributed by atoms with Crippen LogP contribution in [0.15, 0.2) is 54.6 Å². The maximum Gasteiger partial charge on any atom is 0.238 e. The fourth-order valence-electron chi connectivity index (χ4n) is 4.68. The van der Waals surface area contributed by atoms with E-state index in [1.165, 1.54) is 5.56 Å². The maximum absolute atomic E-state index is 12.4. The van der Waals surface area contributed by atoms with E-state index < -0.39 is 6.10 Å². The molecule has 1 saturated carbocycles. The Morgan fingerprint density at radius 3 is 2.62 bits per heavy atom. The number of para-hydroxylation sites is 1. The SMILES string of the molecule is CCc1cccc(O[C@@H]2C[C@@H]3CN(CC(=O)Nc4ccccc4)C[C@@H]3C[C@H]2O)c1. The monoisotopic (exact) mass is 394 g/mol. The number of carbonyl (C=O) groups excluding carboxylic acids is 1. The Morgan fingerprint density at radius 1 is 1.10 bits per heavy atom. The van der Waals surface area contributed by atoms with Gasteiger partial charge >= 0.3 is 0 Å². The number of amides is 1. The first-order valence-corrected chi connectivity index (χ1v) is 10.6. The molecule has 2 N–H and O–H groups in total. The molecule has 2 aliphatic rings. The van der Waals surface area contributed by atoms with E-state index in [0.29, 0.717) is 18.4 Å². The van der Waals surface area contributed by atoms with Crippen molar-refractivity contribution in [2.24, 2.45) is 11.8 Å². The van der Waals surface area contributed by atoms with Gasteiger partial charge in [0, 0.05) is 18.8 Å². The number of benzene rings is 2. The number of rotatable bonds is 6. The molecule has 0 spiro atoms. The Labute approximate surface area is 172 Å². The van der Waals surface area contributed by atoms with Gasteiger partial charge in [0.1, 0.15) is 11.9 Å². The number of hydrogen-bond donors (Lipinski definition) is 2. The summed E-state index contributed by atoms with van der Waals surface area (Å²) < 4.78 is 6.17. The lowest BCUT2D eigenvalue weighted by Crippen LogP contribution is -2.42. The van der Waals surface area contributed by atoms with Crippen molar-refractivity contribution < 1.29 is 14.6 Å². The Morgan fingerprint density at radius 2 is 1.86 bits per heavy atom.